The van der Waals surface area contributed by atoms with Gasteiger partial charge in [-0.15, -0.1) is 5.10 Å². The summed E-state index contributed by atoms with van der Waals surface area (Å²) in [4.78, 5) is 4.09. The average molecular weight is 368 g/mol. The van der Waals surface area contributed by atoms with Crippen LogP contribution in [-0.2, 0) is 16.7 Å². The predicted molar refractivity (Wildman–Crippen MR) is 109 cm³/mol. The zero-order valence-corrected chi connectivity index (χ0v) is 15.4. The summed E-state index contributed by atoms with van der Waals surface area (Å²) in [7, 11) is 0. The number of hydrogen-bond acceptors (Lipinski definition) is 5. The largest absolute Gasteiger partial charge is 0.376 e. The van der Waals surface area contributed by atoms with Crippen LogP contribution in [0.4, 0.5) is 5.82 Å². The predicted octanol–water partition coefficient (Wildman–Crippen LogP) is 3.95. The van der Waals surface area contributed by atoms with E-state index in [9.17, 15) is 0 Å². The van der Waals surface area contributed by atoms with Crippen LogP contribution in [0.15, 0.2) is 79.1 Å². The molecule has 0 unspecified atom stereocenters. The van der Waals surface area contributed by atoms with Crippen LogP contribution in [0.3, 0.4) is 0 Å². The van der Waals surface area contributed by atoms with Crippen LogP contribution in [-0.4, -0.2) is 28.4 Å². The second-order valence-corrected chi connectivity index (χ2v) is 7.14. The van der Waals surface area contributed by atoms with Crippen LogP contribution >= 0.6 is 0 Å². The zero-order valence-electron chi connectivity index (χ0n) is 15.4. The molecule has 138 valence electrons. The van der Waals surface area contributed by atoms with Gasteiger partial charge in [-0.1, -0.05) is 54.6 Å². The van der Waals surface area contributed by atoms with E-state index in [1.54, 1.807) is 12.4 Å². The zero-order chi connectivity index (χ0) is 18.8. The van der Waals surface area contributed by atoms with E-state index in [2.05, 4.69) is 56.9 Å². The number of fused-ring (bicyclic) bond motifs is 1. The number of nitrogens with one attached hydrogen (secondary N) is 1. The van der Waals surface area contributed by atoms with E-state index in [-0.39, 0.29) is 5.54 Å². The minimum Gasteiger partial charge on any atom is -0.376 e. The van der Waals surface area contributed by atoms with E-state index in [1.165, 1.54) is 11.1 Å². The number of pyridine rings is 1. The molecule has 2 aromatic heterocycles. The highest BCUT2D eigenvalue weighted by molar-refractivity contribution is 5.93. The Morgan fingerprint density at radius 3 is 2.25 bits per heavy atom. The Bertz CT molecular complexity index is 1100. The molecule has 4 aromatic rings. The summed E-state index contributed by atoms with van der Waals surface area (Å²) in [5, 5.41) is 14.9. The van der Waals surface area contributed by atoms with Crippen LogP contribution < -0.4 is 5.32 Å². The fourth-order valence-electron chi connectivity index (χ4n) is 3.68. The Morgan fingerprint density at radius 2 is 1.54 bits per heavy atom. The first-order valence-electron chi connectivity index (χ1n) is 9.39. The molecule has 1 aliphatic rings. The first-order chi connectivity index (χ1) is 13.8. The summed E-state index contributed by atoms with van der Waals surface area (Å²) in [5.41, 5.74) is 3.08. The molecule has 1 saturated heterocycles. The number of anilines is 1. The maximum Gasteiger partial charge on any atom is 0.157 e. The van der Waals surface area contributed by atoms with Gasteiger partial charge in [-0.25, -0.2) is 0 Å². The van der Waals surface area contributed by atoms with Crippen molar-refractivity contribution in [2.24, 2.45) is 0 Å². The number of nitrogens with zero attached hydrogens (tertiary/aromatic N) is 3. The molecule has 3 heterocycles. The summed E-state index contributed by atoms with van der Waals surface area (Å²) in [5.74, 6) is 0.793. The quantitative estimate of drug-likeness (QED) is 0.578. The van der Waals surface area contributed by atoms with E-state index in [0.29, 0.717) is 13.2 Å². The Labute approximate surface area is 163 Å². The fraction of sp³-hybridized carbons (Fsp3) is 0.174. The SMILES string of the molecule is c1ccc(C2(Nc3nnc(Cc4ccncc4)c4ccccc34)COC2)cc1. The first-order valence-corrected chi connectivity index (χ1v) is 9.39. The Balaban J connectivity index is 1.53. The van der Waals surface area contributed by atoms with Crippen molar-refractivity contribution < 1.29 is 4.74 Å². The van der Waals surface area contributed by atoms with Gasteiger partial charge in [0.15, 0.2) is 5.82 Å². The summed E-state index contributed by atoms with van der Waals surface area (Å²) >= 11 is 0. The number of aromatic nitrogens is 3. The number of ether oxygens (including phenoxy) is 1. The summed E-state index contributed by atoms with van der Waals surface area (Å²) in [6.45, 7) is 1.23. The van der Waals surface area contributed by atoms with E-state index in [1.807, 2.05) is 30.3 Å². The third-order valence-electron chi connectivity index (χ3n) is 5.27. The molecule has 2 aromatic carbocycles. The smallest absolute Gasteiger partial charge is 0.157 e. The second kappa shape index (κ2) is 7.02. The van der Waals surface area contributed by atoms with Gasteiger partial charge < -0.3 is 10.1 Å². The van der Waals surface area contributed by atoms with Crippen molar-refractivity contribution in [3.8, 4) is 0 Å². The van der Waals surface area contributed by atoms with E-state index >= 15 is 0 Å². The topological polar surface area (TPSA) is 59.9 Å². The number of hydrogen-bond donors (Lipinski definition) is 1. The summed E-state index contributed by atoms with van der Waals surface area (Å²) in [6, 6.07) is 22.7. The first kappa shape index (κ1) is 16.8. The molecule has 0 saturated carbocycles. The number of rotatable bonds is 5. The molecule has 0 amide bonds. The van der Waals surface area contributed by atoms with Gasteiger partial charge in [0.1, 0.15) is 5.54 Å². The van der Waals surface area contributed by atoms with Crippen molar-refractivity contribution in [2.45, 2.75) is 12.0 Å². The molecular weight excluding hydrogens is 348 g/mol. The van der Waals surface area contributed by atoms with Gasteiger partial charge in [-0.2, -0.15) is 5.10 Å². The molecule has 0 radical (unpaired) electrons. The normalized spacial score (nSPS) is 15.1. The lowest BCUT2D eigenvalue weighted by Gasteiger charge is -2.43. The van der Waals surface area contributed by atoms with E-state index in [0.717, 1.165) is 28.7 Å². The van der Waals surface area contributed by atoms with Crippen molar-refractivity contribution in [3.63, 3.8) is 0 Å². The minimum absolute atomic E-state index is 0.259. The third kappa shape index (κ3) is 3.00. The van der Waals surface area contributed by atoms with Crippen LogP contribution in [0.2, 0.25) is 0 Å². The molecule has 0 atom stereocenters. The average Bonchev–Trinajstić information content (AvgIpc) is 2.73. The molecule has 5 rings (SSSR count). The fourth-order valence-corrected chi connectivity index (χ4v) is 3.68. The highest BCUT2D eigenvalue weighted by Crippen LogP contribution is 2.35. The maximum atomic E-state index is 5.56. The van der Waals surface area contributed by atoms with Crippen LogP contribution in [0, 0.1) is 0 Å². The number of benzene rings is 2. The van der Waals surface area contributed by atoms with Gasteiger partial charge in [0.2, 0.25) is 0 Å². The highest BCUT2D eigenvalue weighted by Gasteiger charge is 2.41. The van der Waals surface area contributed by atoms with Crippen molar-refractivity contribution >= 4 is 16.6 Å². The maximum absolute atomic E-state index is 5.56. The van der Waals surface area contributed by atoms with Gasteiger partial charge in [0.25, 0.3) is 0 Å². The van der Waals surface area contributed by atoms with E-state index < -0.39 is 0 Å². The molecular formula is C23H20N4O. The van der Waals surface area contributed by atoms with Crippen molar-refractivity contribution in [1.29, 1.82) is 0 Å². The Morgan fingerprint density at radius 1 is 0.821 bits per heavy atom. The summed E-state index contributed by atoms with van der Waals surface area (Å²) < 4.78 is 5.56. The van der Waals surface area contributed by atoms with E-state index in [4.69, 9.17) is 4.74 Å². The van der Waals surface area contributed by atoms with Gasteiger partial charge >= 0.3 is 0 Å². The molecule has 0 bridgehead atoms. The molecule has 1 N–H and O–H groups in total. The molecule has 5 heteroatoms. The Hall–Kier alpha value is -3.31. The second-order valence-electron chi connectivity index (χ2n) is 7.14. The van der Waals surface area contributed by atoms with Crippen molar-refractivity contribution in [3.05, 3.63) is 95.9 Å². The van der Waals surface area contributed by atoms with Gasteiger partial charge in [0.05, 0.1) is 18.9 Å². The highest BCUT2D eigenvalue weighted by atomic mass is 16.5. The minimum atomic E-state index is -0.259. The lowest BCUT2D eigenvalue weighted by Crippen LogP contribution is -2.53. The molecule has 5 nitrogen and oxygen atoms in total. The third-order valence-corrected chi connectivity index (χ3v) is 5.27. The monoisotopic (exact) mass is 368 g/mol. The molecule has 0 spiro atoms. The Kier molecular flexibility index (Phi) is 4.22. The lowest BCUT2D eigenvalue weighted by atomic mass is 9.87. The van der Waals surface area contributed by atoms with Crippen LogP contribution in [0.25, 0.3) is 10.8 Å². The molecule has 28 heavy (non-hydrogen) atoms. The standard InChI is InChI=1S/C23H20N4O/c1-2-6-18(7-3-1)23(15-28-16-23)25-22-20-9-5-4-8-19(20)21(26-27-22)14-17-10-12-24-13-11-17/h1-13H,14-16H2,(H,25,27). The lowest BCUT2D eigenvalue weighted by molar-refractivity contribution is -0.0448. The van der Waals surface area contributed by atoms with Crippen molar-refractivity contribution in [1.82, 2.24) is 15.2 Å². The van der Waals surface area contributed by atoms with Gasteiger partial charge in [-0.3, -0.25) is 4.98 Å². The molecule has 0 aliphatic carbocycles. The van der Waals surface area contributed by atoms with Crippen molar-refractivity contribution in [2.75, 3.05) is 18.5 Å². The van der Waals surface area contributed by atoms with Gasteiger partial charge in [0, 0.05) is 29.6 Å². The summed E-state index contributed by atoms with van der Waals surface area (Å²) in [6.07, 6.45) is 4.34. The van der Waals surface area contributed by atoms with Gasteiger partial charge in [-0.05, 0) is 23.3 Å². The van der Waals surface area contributed by atoms with Crippen LogP contribution in [0.1, 0.15) is 16.8 Å². The molecule has 1 fully saturated rings. The molecule has 1 aliphatic heterocycles. The van der Waals surface area contributed by atoms with Crippen LogP contribution in [0.5, 0.6) is 0 Å².